The zero-order valence-electron chi connectivity index (χ0n) is 27.0. The number of benzene rings is 2. The van der Waals surface area contributed by atoms with Crippen LogP contribution in [0.5, 0.6) is 0 Å². The number of halogens is 4. The molecule has 4 aromatic rings. The molecule has 0 spiro atoms. The molecule has 7 rings (SSSR count). The lowest BCUT2D eigenvalue weighted by molar-refractivity contribution is -0.202. The van der Waals surface area contributed by atoms with E-state index in [2.05, 4.69) is 24.9 Å². The predicted octanol–water partition coefficient (Wildman–Crippen LogP) is 4.18. The van der Waals surface area contributed by atoms with E-state index < -0.39 is 48.3 Å². The van der Waals surface area contributed by atoms with Crippen LogP contribution in [0.1, 0.15) is 45.3 Å². The summed E-state index contributed by atoms with van der Waals surface area (Å²) in [6.45, 7) is 2.65. The monoisotopic (exact) mass is 725 g/mol. The van der Waals surface area contributed by atoms with Crippen LogP contribution in [0.4, 0.5) is 22.7 Å². The molecule has 1 unspecified atom stereocenters. The number of hydrogen-bond donors (Lipinski definition) is 1. The predicted molar refractivity (Wildman–Crippen MR) is 175 cm³/mol. The van der Waals surface area contributed by atoms with Crippen molar-refractivity contribution in [3.8, 4) is 11.1 Å². The van der Waals surface area contributed by atoms with Gasteiger partial charge in [0.15, 0.2) is 11.2 Å². The van der Waals surface area contributed by atoms with Crippen LogP contribution in [0.25, 0.3) is 11.1 Å². The molecular weight excluding hydrogens is 694 g/mol. The molecule has 5 heterocycles. The van der Waals surface area contributed by atoms with E-state index in [1.165, 1.54) is 22.3 Å². The summed E-state index contributed by atoms with van der Waals surface area (Å²) in [6, 6.07) is 9.39. The lowest BCUT2D eigenvalue weighted by Crippen LogP contribution is -2.48. The number of aryl methyl sites for hydroxylation is 1. The number of ether oxygens (including phenoxy) is 1. The maximum atomic E-state index is 15.7. The zero-order chi connectivity index (χ0) is 35.9. The van der Waals surface area contributed by atoms with E-state index in [0.717, 1.165) is 24.2 Å². The van der Waals surface area contributed by atoms with E-state index in [1.807, 2.05) is 28.8 Å². The normalized spacial score (nSPS) is 16.9. The van der Waals surface area contributed by atoms with E-state index >= 15 is 4.39 Å². The Hall–Kier alpha value is -5.00. The molecule has 0 saturated carbocycles. The van der Waals surface area contributed by atoms with Gasteiger partial charge < -0.3 is 14.2 Å². The first-order valence-corrected chi connectivity index (χ1v) is 17.1. The van der Waals surface area contributed by atoms with Gasteiger partial charge in [-0.1, -0.05) is 24.3 Å². The molecule has 2 amide bonds. The number of carbonyl (C=O) groups is 4. The van der Waals surface area contributed by atoms with Gasteiger partial charge >= 0.3 is 18.1 Å². The number of imidazole rings is 1. The molecule has 266 valence electrons. The van der Waals surface area contributed by atoms with Crippen molar-refractivity contribution in [2.45, 2.75) is 44.7 Å². The van der Waals surface area contributed by atoms with E-state index in [-0.39, 0.29) is 17.7 Å². The third-order valence-electron chi connectivity index (χ3n) is 9.24. The van der Waals surface area contributed by atoms with Crippen molar-refractivity contribution in [1.82, 2.24) is 29.2 Å². The van der Waals surface area contributed by atoms with Crippen LogP contribution in [-0.2, 0) is 45.2 Å². The zero-order valence-corrected chi connectivity index (χ0v) is 27.8. The van der Waals surface area contributed by atoms with E-state index in [1.54, 1.807) is 28.9 Å². The number of nitrogens with zero attached hydrogens (tertiary/aromatic N) is 6. The molecule has 0 radical (unpaired) electrons. The van der Waals surface area contributed by atoms with Gasteiger partial charge in [0.05, 0.1) is 25.1 Å². The second-order valence-corrected chi connectivity index (χ2v) is 13.4. The Kier molecular flexibility index (Phi) is 9.43. The van der Waals surface area contributed by atoms with Crippen LogP contribution in [0.3, 0.4) is 0 Å². The molecule has 3 aliphatic heterocycles. The summed E-state index contributed by atoms with van der Waals surface area (Å²) in [7, 11) is 0. The topological polar surface area (TPSA) is 130 Å². The highest BCUT2D eigenvalue weighted by Gasteiger charge is 2.43. The van der Waals surface area contributed by atoms with Gasteiger partial charge in [-0.15, -0.1) is 11.3 Å². The van der Waals surface area contributed by atoms with Gasteiger partial charge in [-0.05, 0) is 41.7 Å². The first-order chi connectivity index (χ1) is 24.4. The minimum atomic E-state index is -5.23. The number of thiazole rings is 1. The van der Waals surface area contributed by atoms with Gasteiger partial charge in [-0.3, -0.25) is 29.5 Å². The number of aromatic nitrogens is 3. The van der Waals surface area contributed by atoms with Crippen molar-refractivity contribution in [2.24, 2.45) is 0 Å². The maximum absolute atomic E-state index is 15.7. The number of alkyl halides is 3. The second kappa shape index (κ2) is 14.0. The molecule has 1 saturated heterocycles. The highest BCUT2D eigenvalue weighted by atomic mass is 32.1. The van der Waals surface area contributed by atoms with Crippen LogP contribution in [-0.4, -0.2) is 91.9 Å². The summed E-state index contributed by atoms with van der Waals surface area (Å²) >= 11 is 1.25. The van der Waals surface area contributed by atoms with Crippen molar-refractivity contribution in [3.05, 3.63) is 88.2 Å². The molecule has 1 N–H and O–H groups in total. The first kappa shape index (κ1) is 34.4. The number of nitrogens with one attached hydrogen (secondary N) is 1. The summed E-state index contributed by atoms with van der Waals surface area (Å²) in [5.74, 6) is -5.28. The summed E-state index contributed by atoms with van der Waals surface area (Å²) in [5.41, 5.74) is 3.89. The van der Waals surface area contributed by atoms with Crippen LogP contribution in [0.15, 0.2) is 54.3 Å². The Morgan fingerprint density at radius 3 is 2.43 bits per heavy atom. The van der Waals surface area contributed by atoms with Crippen LogP contribution >= 0.6 is 11.3 Å². The van der Waals surface area contributed by atoms with E-state index in [0.29, 0.717) is 61.1 Å². The molecule has 12 nitrogen and oxygen atoms in total. The Morgan fingerprint density at radius 1 is 0.980 bits per heavy atom. The van der Waals surface area contributed by atoms with Crippen molar-refractivity contribution in [2.75, 3.05) is 38.0 Å². The van der Waals surface area contributed by atoms with E-state index in [9.17, 15) is 32.3 Å². The Labute approximate surface area is 292 Å². The number of rotatable bonds is 9. The van der Waals surface area contributed by atoms with Gasteiger partial charge in [0, 0.05) is 67.7 Å². The van der Waals surface area contributed by atoms with Crippen LogP contribution in [0, 0.1) is 5.82 Å². The summed E-state index contributed by atoms with van der Waals surface area (Å²) in [4.78, 5) is 64.1. The Bertz CT molecular complexity index is 1980. The third-order valence-corrected chi connectivity index (χ3v) is 9.93. The summed E-state index contributed by atoms with van der Waals surface area (Å²) in [5, 5.41) is 4.90. The smallest absolute Gasteiger partial charge is 0.385 e. The average Bonchev–Trinajstić information content (AvgIpc) is 3.90. The molecule has 51 heavy (non-hydrogen) atoms. The number of esters is 2. The van der Waals surface area contributed by atoms with Gasteiger partial charge in [-0.25, -0.2) is 19.2 Å². The molecule has 2 aromatic carbocycles. The summed E-state index contributed by atoms with van der Waals surface area (Å²) in [6.07, 6.45) is -0.388. The quantitative estimate of drug-likeness (QED) is 0.154. The van der Waals surface area contributed by atoms with Crippen molar-refractivity contribution < 1.29 is 41.5 Å². The lowest BCUT2D eigenvalue weighted by Gasteiger charge is -2.34. The Morgan fingerprint density at radius 2 is 1.73 bits per heavy atom. The molecule has 2 aromatic heterocycles. The number of piperazine rings is 1. The van der Waals surface area contributed by atoms with Gasteiger partial charge in [0.1, 0.15) is 5.82 Å². The van der Waals surface area contributed by atoms with Gasteiger partial charge in [-0.2, -0.15) is 13.2 Å². The van der Waals surface area contributed by atoms with Crippen molar-refractivity contribution in [1.29, 1.82) is 0 Å². The Balaban J connectivity index is 1.01. The summed E-state index contributed by atoms with van der Waals surface area (Å²) < 4.78 is 58.6. The van der Waals surface area contributed by atoms with Gasteiger partial charge in [0.25, 0.3) is 11.8 Å². The number of fused-ring (bicyclic) bond motifs is 2. The molecule has 1 atom stereocenters. The number of anilines is 1. The average molecular weight is 726 g/mol. The van der Waals surface area contributed by atoms with Crippen molar-refractivity contribution >= 4 is 40.2 Å². The number of amides is 2. The molecule has 0 aliphatic carbocycles. The fourth-order valence-electron chi connectivity index (χ4n) is 6.71. The molecule has 17 heteroatoms. The maximum Gasteiger partial charge on any atom is 0.491 e. The highest BCUT2D eigenvalue weighted by molar-refractivity contribution is 7.13. The van der Waals surface area contributed by atoms with Crippen LogP contribution < -0.4 is 5.32 Å². The number of carbonyl (C=O) groups excluding carboxylic acids is 4. The lowest BCUT2D eigenvalue weighted by atomic mass is 9.99. The highest BCUT2D eigenvalue weighted by Crippen LogP contribution is 2.38. The van der Waals surface area contributed by atoms with E-state index in [4.69, 9.17) is 0 Å². The largest absolute Gasteiger partial charge is 0.491 e. The fourth-order valence-corrected chi connectivity index (χ4v) is 7.24. The fraction of sp³-hybridized carbons (Fsp3) is 0.353. The molecule has 1 fully saturated rings. The minimum Gasteiger partial charge on any atom is -0.385 e. The number of hydrogen-bond acceptors (Lipinski definition) is 10. The molecular formula is C34H31F4N7O5S. The van der Waals surface area contributed by atoms with Gasteiger partial charge in [0.2, 0.25) is 0 Å². The second-order valence-electron chi connectivity index (χ2n) is 12.5. The SMILES string of the molecule is O=C(CN1CCN(Cc2ccc(-c3cc(F)c4c(c3)C(=O)N(C(C(=O)Nc3nccs3)c3ncn5c3CCC5)C4)cc2)CC1)OC(=O)C(F)(F)F. The van der Waals surface area contributed by atoms with Crippen LogP contribution in [0.2, 0.25) is 0 Å². The standard InChI is InChI=1S/C34H31F4N7O5S/c35-25-15-22(21-5-3-20(4-6-21)16-42-9-11-43(12-10-42)18-27(46)50-32(49)34(36,37)38)14-23-24(25)17-45(31(23)48)29(30(47)41-33-39-7-13-51-33)28-26-2-1-8-44(26)19-40-28/h3-7,13-15,19,29H,1-2,8-12,16-18H2,(H,39,41,47). The molecule has 3 aliphatic rings. The molecule has 0 bridgehead atoms. The minimum absolute atomic E-state index is 0.0956. The van der Waals surface area contributed by atoms with Crippen molar-refractivity contribution in [3.63, 3.8) is 0 Å². The first-order valence-electron chi connectivity index (χ1n) is 16.2. The third kappa shape index (κ3) is 7.27.